The molecule has 1 N–H and O–H groups in total. The fourth-order valence-electron chi connectivity index (χ4n) is 2.16. The summed E-state index contributed by atoms with van der Waals surface area (Å²) in [7, 11) is 0. The zero-order valence-corrected chi connectivity index (χ0v) is 15.9. The van der Waals surface area contributed by atoms with Crippen LogP contribution in [0.5, 0.6) is 0 Å². The van der Waals surface area contributed by atoms with E-state index in [2.05, 4.69) is 9.97 Å². The highest BCUT2D eigenvalue weighted by Crippen LogP contribution is 2.38. The van der Waals surface area contributed by atoms with Gasteiger partial charge in [0.05, 0.1) is 21.3 Å². The molecule has 0 amide bonds. The van der Waals surface area contributed by atoms with E-state index in [9.17, 15) is 5.11 Å². The lowest BCUT2D eigenvalue weighted by Crippen LogP contribution is -2.12. The summed E-state index contributed by atoms with van der Waals surface area (Å²) >= 11 is 15.1. The Kier molecular flexibility index (Phi) is 4.60. The molecule has 0 spiro atoms. The van der Waals surface area contributed by atoms with Crippen LogP contribution in [0.1, 0.15) is 18.7 Å². The lowest BCUT2D eigenvalue weighted by Gasteiger charge is -2.13. The molecule has 0 unspecified atom stereocenters. The van der Waals surface area contributed by atoms with Gasteiger partial charge in [0.25, 0.3) is 0 Å². The van der Waals surface area contributed by atoms with Gasteiger partial charge in [0.2, 0.25) is 0 Å². The van der Waals surface area contributed by atoms with Crippen molar-refractivity contribution < 1.29 is 5.11 Å². The maximum absolute atomic E-state index is 10.3. The number of thioether (sulfide) groups is 1. The van der Waals surface area contributed by atoms with Gasteiger partial charge in [0.1, 0.15) is 4.83 Å². The normalized spacial score (nSPS) is 12.1. The van der Waals surface area contributed by atoms with Crippen molar-refractivity contribution in [1.82, 2.24) is 9.97 Å². The number of fused-ring (bicyclic) bond motifs is 1. The van der Waals surface area contributed by atoms with E-state index >= 15 is 0 Å². The van der Waals surface area contributed by atoms with Crippen LogP contribution in [0.15, 0.2) is 29.4 Å². The number of hydrogen-bond donors (Lipinski definition) is 1. The monoisotopic (exact) mass is 384 g/mol. The molecule has 0 radical (unpaired) electrons. The average molecular weight is 385 g/mol. The van der Waals surface area contributed by atoms with Gasteiger partial charge in [-0.05, 0) is 38.3 Å². The van der Waals surface area contributed by atoms with Gasteiger partial charge in [-0.15, -0.1) is 11.3 Å². The van der Waals surface area contributed by atoms with Gasteiger partial charge in [0.15, 0.2) is 5.16 Å². The third-order valence-corrected chi connectivity index (χ3v) is 5.98. The third-order valence-electron chi connectivity index (χ3n) is 3.35. The lowest BCUT2D eigenvalue weighted by molar-refractivity contribution is 0.0826. The molecule has 0 aliphatic carbocycles. The molecule has 0 fully saturated rings. The number of hydrogen-bond acceptors (Lipinski definition) is 5. The molecule has 2 aromatic heterocycles. The number of aliphatic hydroxyl groups is 1. The third kappa shape index (κ3) is 3.35. The van der Waals surface area contributed by atoms with Gasteiger partial charge >= 0.3 is 0 Å². The van der Waals surface area contributed by atoms with E-state index in [1.807, 2.05) is 18.4 Å². The van der Waals surface area contributed by atoms with Crippen molar-refractivity contribution in [2.24, 2.45) is 0 Å². The van der Waals surface area contributed by atoms with E-state index in [4.69, 9.17) is 23.2 Å². The predicted octanol–water partition coefficient (Wildman–Crippen LogP) is 5.61. The number of rotatable bonds is 3. The molecule has 2 heterocycles. The molecule has 0 atom stereocenters. The molecule has 3 rings (SSSR count). The van der Waals surface area contributed by atoms with Crippen LogP contribution in [-0.4, -0.2) is 21.3 Å². The van der Waals surface area contributed by atoms with E-state index < -0.39 is 5.60 Å². The highest BCUT2D eigenvalue weighted by atomic mass is 35.5. The van der Waals surface area contributed by atoms with Crippen LogP contribution in [0.25, 0.3) is 21.5 Å². The Balaban J connectivity index is 2.29. The van der Waals surface area contributed by atoms with Gasteiger partial charge in [-0.2, -0.15) is 0 Å². The van der Waals surface area contributed by atoms with Crippen LogP contribution < -0.4 is 0 Å². The summed E-state index contributed by atoms with van der Waals surface area (Å²) in [6, 6.07) is 7.40. The second-order valence-corrected chi connectivity index (χ2v) is 8.19. The Bertz CT molecular complexity index is 888. The average Bonchev–Trinajstić information content (AvgIpc) is 2.93. The maximum Gasteiger partial charge on any atom is 0.189 e. The van der Waals surface area contributed by atoms with Crippen molar-refractivity contribution >= 4 is 56.5 Å². The van der Waals surface area contributed by atoms with Crippen LogP contribution >= 0.6 is 46.3 Å². The fraction of sp³-hybridized carbons (Fsp3) is 0.250. The van der Waals surface area contributed by atoms with Crippen LogP contribution in [0.2, 0.25) is 10.0 Å². The Morgan fingerprint density at radius 1 is 1.13 bits per heavy atom. The topological polar surface area (TPSA) is 46.0 Å². The quantitative estimate of drug-likeness (QED) is 0.470. The van der Waals surface area contributed by atoms with Crippen LogP contribution in [0, 0.1) is 0 Å². The van der Waals surface area contributed by atoms with Gasteiger partial charge in [-0.1, -0.05) is 41.0 Å². The van der Waals surface area contributed by atoms with Gasteiger partial charge in [0, 0.05) is 15.8 Å². The Morgan fingerprint density at radius 2 is 1.87 bits per heavy atom. The van der Waals surface area contributed by atoms with Crippen LogP contribution in [0.4, 0.5) is 0 Å². The first-order valence-electron chi connectivity index (χ1n) is 6.83. The van der Waals surface area contributed by atoms with Gasteiger partial charge in [-0.3, -0.25) is 0 Å². The molecule has 3 nitrogen and oxygen atoms in total. The maximum atomic E-state index is 10.3. The first-order chi connectivity index (χ1) is 10.8. The zero-order valence-electron chi connectivity index (χ0n) is 12.7. The summed E-state index contributed by atoms with van der Waals surface area (Å²) in [5, 5.41) is 12.9. The Morgan fingerprint density at radius 3 is 2.48 bits per heavy atom. The van der Waals surface area contributed by atoms with Crippen LogP contribution in [0.3, 0.4) is 0 Å². The Labute approximate surface area is 152 Å². The number of halogens is 2. The number of thiophene rings is 1. The highest BCUT2D eigenvalue weighted by Gasteiger charge is 2.22. The first kappa shape index (κ1) is 17.0. The minimum Gasteiger partial charge on any atom is -0.385 e. The molecule has 0 aliphatic rings. The van der Waals surface area contributed by atoms with E-state index in [1.165, 1.54) is 23.1 Å². The largest absolute Gasteiger partial charge is 0.385 e. The van der Waals surface area contributed by atoms with Crippen molar-refractivity contribution in [3.63, 3.8) is 0 Å². The molecule has 1 aromatic carbocycles. The molecule has 7 heteroatoms. The fourth-order valence-corrected chi connectivity index (χ4v) is 3.91. The SMILES string of the molecule is CSc1nc(-c2ccc(Cl)c(Cl)c2)c2cc(C(C)(C)O)sc2n1. The standard InChI is InChI=1S/C16H14Cl2N2OS2/c1-16(2,21)12-7-9-13(8-4-5-10(17)11(18)6-8)19-15(22-3)20-14(9)23-12/h4-7,21H,1-3H3. The number of nitrogens with zero attached hydrogens (tertiary/aromatic N) is 2. The van der Waals surface area contributed by atoms with E-state index in [0.717, 1.165) is 26.4 Å². The molecule has 0 aliphatic heterocycles. The summed E-state index contributed by atoms with van der Waals surface area (Å²) in [4.78, 5) is 10.9. The smallest absolute Gasteiger partial charge is 0.189 e. The summed E-state index contributed by atoms with van der Waals surface area (Å²) in [5.41, 5.74) is 0.756. The first-order valence-corrected chi connectivity index (χ1v) is 9.63. The van der Waals surface area contributed by atoms with Gasteiger partial charge in [-0.25, -0.2) is 9.97 Å². The van der Waals surface area contributed by atoms with Gasteiger partial charge < -0.3 is 5.11 Å². The second-order valence-electron chi connectivity index (χ2n) is 5.58. The van der Waals surface area contributed by atoms with Crippen molar-refractivity contribution in [2.75, 3.05) is 6.26 Å². The summed E-state index contributed by atoms with van der Waals surface area (Å²) < 4.78 is 0. The molecule has 0 saturated carbocycles. The van der Waals surface area contributed by atoms with E-state index in [1.54, 1.807) is 26.0 Å². The number of aromatic nitrogens is 2. The minimum atomic E-state index is -0.917. The Hall–Kier alpha value is -0.850. The van der Waals surface area contributed by atoms with Crippen molar-refractivity contribution in [2.45, 2.75) is 24.6 Å². The van der Waals surface area contributed by atoms with Crippen LogP contribution in [-0.2, 0) is 5.60 Å². The number of benzene rings is 1. The molecular formula is C16H14Cl2N2OS2. The highest BCUT2D eigenvalue weighted by molar-refractivity contribution is 7.98. The summed E-state index contributed by atoms with van der Waals surface area (Å²) in [5.74, 6) is 0. The second kappa shape index (κ2) is 6.22. The molecule has 3 aromatic rings. The summed E-state index contributed by atoms with van der Waals surface area (Å²) in [6.07, 6.45) is 1.93. The molecule has 0 bridgehead atoms. The van der Waals surface area contributed by atoms with Crippen molar-refractivity contribution in [1.29, 1.82) is 0 Å². The van der Waals surface area contributed by atoms with E-state index in [0.29, 0.717) is 15.2 Å². The van der Waals surface area contributed by atoms with E-state index in [-0.39, 0.29) is 0 Å². The summed E-state index contributed by atoms with van der Waals surface area (Å²) in [6.45, 7) is 3.53. The van der Waals surface area contributed by atoms with Crippen molar-refractivity contribution in [3.05, 3.63) is 39.2 Å². The molecule has 120 valence electrons. The minimum absolute atomic E-state index is 0.486. The lowest BCUT2D eigenvalue weighted by atomic mass is 10.1. The predicted molar refractivity (Wildman–Crippen MR) is 99.9 cm³/mol. The molecule has 0 saturated heterocycles. The molecular weight excluding hydrogens is 371 g/mol. The van der Waals surface area contributed by atoms with Crippen molar-refractivity contribution in [3.8, 4) is 11.3 Å². The molecule has 23 heavy (non-hydrogen) atoms. The zero-order chi connectivity index (χ0) is 16.8.